The van der Waals surface area contributed by atoms with Gasteiger partial charge in [0.1, 0.15) is 11.6 Å². The molecule has 0 aliphatic rings. The molecule has 0 saturated carbocycles. The summed E-state index contributed by atoms with van der Waals surface area (Å²) in [7, 11) is 1.86. The number of amides is 1. The lowest BCUT2D eigenvalue weighted by molar-refractivity contribution is -0.127. The van der Waals surface area contributed by atoms with Gasteiger partial charge in [-0.25, -0.2) is 4.98 Å². The van der Waals surface area contributed by atoms with E-state index in [4.69, 9.17) is 27.9 Å². The number of hydrogen-bond donors (Lipinski definition) is 1. The summed E-state index contributed by atoms with van der Waals surface area (Å²) in [6.45, 7) is 1.99. The van der Waals surface area contributed by atoms with Crippen LogP contribution in [0.5, 0.6) is 5.75 Å². The van der Waals surface area contributed by atoms with Crippen molar-refractivity contribution in [2.45, 2.75) is 19.6 Å². The molecule has 1 N–H and O–H groups in total. The Balaban J connectivity index is 1.91. The van der Waals surface area contributed by atoms with Crippen LogP contribution in [-0.4, -0.2) is 21.6 Å². The van der Waals surface area contributed by atoms with E-state index in [0.29, 0.717) is 22.3 Å². The van der Waals surface area contributed by atoms with Crippen LogP contribution in [0.4, 0.5) is 0 Å². The summed E-state index contributed by atoms with van der Waals surface area (Å²) in [6, 6.07) is 4.81. The van der Waals surface area contributed by atoms with E-state index >= 15 is 0 Å². The number of nitrogens with zero attached hydrogens (tertiary/aromatic N) is 2. The summed E-state index contributed by atoms with van der Waals surface area (Å²) in [5, 5.41) is 3.68. The lowest BCUT2D eigenvalue weighted by Gasteiger charge is -2.15. The van der Waals surface area contributed by atoms with Crippen molar-refractivity contribution in [2.24, 2.45) is 7.05 Å². The summed E-state index contributed by atoms with van der Waals surface area (Å²) in [4.78, 5) is 16.1. The Morgan fingerprint density at radius 2 is 2.05 bits per heavy atom. The monoisotopic (exact) mass is 327 g/mol. The Morgan fingerprint density at radius 3 is 2.62 bits per heavy atom. The molecule has 1 amide bonds. The number of aryl methyl sites for hydroxylation is 1. The van der Waals surface area contributed by atoms with Crippen LogP contribution in [0.1, 0.15) is 12.7 Å². The van der Waals surface area contributed by atoms with Gasteiger partial charge in [-0.3, -0.25) is 4.79 Å². The van der Waals surface area contributed by atoms with Crippen LogP contribution in [0.2, 0.25) is 10.0 Å². The number of aromatic nitrogens is 2. The molecule has 0 aliphatic heterocycles. The minimum Gasteiger partial charge on any atom is -0.481 e. The second-order valence-corrected chi connectivity index (χ2v) is 5.41. The van der Waals surface area contributed by atoms with E-state index in [2.05, 4.69) is 10.3 Å². The zero-order valence-electron chi connectivity index (χ0n) is 11.6. The zero-order chi connectivity index (χ0) is 15.4. The lowest BCUT2D eigenvalue weighted by atomic mass is 10.3. The first-order chi connectivity index (χ1) is 9.95. The molecule has 0 fully saturated rings. The highest BCUT2D eigenvalue weighted by atomic mass is 35.5. The third kappa shape index (κ3) is 4.37. The minimum atomic E-state index is -0.667. The quantitative estimate of drug-likeness (QED) is 0.918. The standard InChI is InChI=1S/C14H15Cl2N3O2/c1-9(21-12-6-10(15)5-11(16)7-12)14(20)18-8-13-17-3-4-19(13)2/h3-7,9H,8H2,1-2H3,(H,18,20). The van der Waals surface area contributed by atoms with Crippen molar-refractivity contribution < 1.29 is 9.53 Å². The van der Waals surface area contributed by atoms with Crippen LogP contribution in [0.3, 0.4) is 0 Å². The Morgan fingerprint density at radius 1 is 1.38 bits per heavy atom. The van der Waals surface area contributed by atoms with Crippen molar-refractivity contribution in [1.82, 2.24) is 14.9 Å². The molecule has 1 heterocycles. The molecule has 2 rings (SSSR count). The van der Waals surface area contributed by atoms with E-state index < -0.39 is 6.10 Å². The third-order valence-corrected chi connectivity index (χ3v) is 3.30. The van der Waals surface area contributed by atoms with Crippen LogP contribution >= 0.6 is 23.2 Å². The number of carbonyl (C=O) groups excluding carboxylic acids is 1. The van der Waals surface area contributed by atoms with Gasteiger partial charge >= 0.3 is 0 Å². The first-order valence-electron chi connectivity index (χ1n) is 6.32. The molecule has 112 valence electrons. The maximum atomic E-state index is 12.0. The second-order valence-electron chi connectivity index (χ2n) is 4.54. The molecule has 1 unspecified atom stereocenters. The molecule has 1 aromatic heterocycles. The molecular weight excluding hydrogens is 313 g/mol. The molecular formula is C14H15Cl2N3O2. The smallest absolute Gasteiger partial charge is 0.261 e. The van der Waals surface area contributed by atoms with Crippen molar-refractivity contribution in [3.63, 3.8) is 0 Å². The SMILES string of the molecule is CC(Oc1cc(Cl)cc(Cl)c1)C(=O)NCc1nccn1C. The van der Waals surface area contributed by atoms with Crippen LogP contribution in [-0.2, 0) is 18.4 Å². The second kappa shape index (κ2) is 6.83. The zero-order valence-corrected chi connectivity index (χ0v) is 13.1. The summed E-state index contributed by atoms with van der Waals surface area (Å²) in [6.07, 6.45) is 2.82. The molecule has 0 spiro atoms. The van der Waals surface area contributed by atoms with Crippen LogP contribution in [0.15, 0.2) is 30.6 Å². The topological polar surface area (TPSA) is 56.1 Å². The van der Waals surface area contributed by atoms with Crippen molar-refractivity contribution >= 4 is 29.1 Å². The molecule has 0 radical (unpaired) electrons. The van der Waals surface area contributed by atoms with Crippen LogP contribution in [0, 0.1) is 0 Å². The third-order valence-electron chi connectivity index (χ3n) is 2.86. The fourth-order valence-electron chi connectivity index (χ4n) is 1.73. The number of rotatable bonds is 5. The highest BCUT2D eigenvalue weighted by Crippen LogP contribution is 2.24. The molecule has 0 bridgehead atoms. The molecule has 1 atom stereocenters. The Labute approximate surface area is 132 Å². The van der Waals surface area contributed by atoms with Gasteiger partial charge in [-0.1, -0.05) is 23.2 Å². The van der Waals surface area contributed by atoms with E-state index in [1.807, 2.05) is 17.8 Å². The fraction of sp³-hybridized carbons (Fsp3) is 0.286. The predicted molar refractivity (Wildman–Crippen MR) is 81.6 cm³/mol. The predicted octanol–water partition coefficient (Wildman–Crippen LogP) is 2.81. The van der Waals surface area contributed by atoms with Crippen LogP contribution < -0.4 is 10.1 Å². The number of imidazole rings is 1. The van der Waals surface area contributed by atoms with Crippen molar-refractivity contribution in [3.8, 4) is 5.75 Å². The first-order valence-corrected chi connectivity index (χ1v) is 7.08. The van der Waals surface area contributed by atoms with Crippen molar-refractivity contribution in [3.05, 3.63) is 46.5 Å². The van der Waals surface area contributed by atoms with Gasteiger partial charge in [-0.15, -0.1) is 0 Å². The van der Waals surface area contributed by atoms with Gasteiger partial charge in [0, 0.05) is 29.5 Å². The molecule has 0 aliphatic carbocycles. The van der Waals surface area contributed by atoms with Gasteiger partial charge in [0.15, 0.2) is 6.10 Å². The Bertz CT molecular complexity index is 623. The maximum Gasteiger partial charge on any atom is 0.261 e. The molecule has 5 nitrogen and oxygen atoms in total. The minimum absolute atomic E-state index is 0.242. The normalized spacial score (nSPS) is 12.0. The van der Waals surface area contributed by atoms with Crippen molar-refractivity contribution in [1.29, 1.82) is 0 Å². The Kier molecular flexibility index (Phi) is 5.09. The molecule has 0 saturated heterocycles. The van der Waals surface area contributed by atoms with Gasteiger partial charge in [0.2, 0.25) is 0 Å². The summed E-state index contributed by atoms with van der Waals surface area (Å²) in [5.74, 6) is 0.975. The van der Waals surface area contributed by atoms with E-state index in [1.165, 1.54) is 0 Å². The van der Waals surface area contributed by atoms with E-state index in [1.54, 1.807) is 31.3 Å². The number of carbonyl (C=O) groups is 1. The molecule has 2 aromatic rings. The van der Waals surface area contributed by atoms with Crippen LogP contribution in [0.25, 0.3) is 0 Å². The number of hydrogen-bond acceptors (Lipinski definition) is 3. The Hall–Kier alpha value is -1.72. The van der Waals surface area contributed by atoms with Crippen molar-refractivity contribution in [2.75, 3.05) is 0 Å². The maximum absolute atomic E-state index is 12.0. The number of halogens is 2. The molecule has 21 heavy (non-hydrogen) atoms. The van der Waals surface area contributed by atoms with E-state index in [-0.39, 0.29) is 5.91 Å². The lowest BCUT2D eigenvalue weighted by Crippen LogP contribution is -2.36. The molecule has 7 heteroatoms. The van der Waals surface area contributed by atoms with Gasteiger partial charge in [-0.2, -0.15) is 0 Å². The fourth-order valence-corrected chi connectivity index (χ4v) is 2.24. The summed E-state index contributed by atoms with van der Waals surface area (Å²) in [5.41, 5.74) is 0. The van der Waals surface area contributed by atoms with Gasteiger partial charge in [0.25, 0.3) is 5.91 Å². The van der Waals surface area contributed by atoms with Gasteiger partial charge < -0.3 is 14.6 Å². The highest BCUT2D eigenvalue weighted by molar-refractivity contribution is 6.34. The number of ether oxygens (including phenoxy) is 1. The average molecular weight is 328 g/mol. The first kappa shape index (κ1) is 15.7. The van der Waals surface area contributed by atoms with E-state index in [9.17, 15) is 4.79 Å². The van der Waals surface area contributed by atoms with Gasteiger partial charge in [-0.05, 0) is 25.1 Å². The largest absolute Gasteiger partial charge is 0.481 e. The number of nitrogens with one attached hydrogen (secondary N) is 1. The molecule has 1 aromatic carbocycles. The summed E-state index contributed by atoms with van der Waals surface area (Å²) < 4.78 is 7.37. The summed E-state index contributed by atoms with van der Waals surface area (Å²) >= 11 is 11.8. The average Bonchev–Trinajstić information content (AvgIpc) is 2.80. The number of benzene rings is 1. The highest BCUT2D eigenvalue weighted by Gasteiger charge is 2.15. The van der Waals surface area contributed by atoms with E-state index in [0.717, 1.165) is 5.82 Å². The van der Waals surface area contributed by atoms with Gasteiger partial charge in [0.05, 0.1) is 6.54 Å².